The molecule has 1 amide bonds. The fourth-order valence-electron chi connectivity index (χ4n) is 1.72. The van der Waals surface area contributed by atoms with Crippen molar-refractivity contribution in [1.82, 2.24) is 4.90 Å². The molecule has 0 saturated carbocycles. The Morgan fingerprint density at radius 3 is 2.76 bits per heavy atom. The molecule has 0 aromatic heterocycles. The number of rotatable bonds is 5. The molecule has 0 saturated heterocycles. The monoisotopic (exact) mass is 236 g/mol. The first kappa shape index (κ1) is 13.5. The maximum absolute atomic E-state index is 12.2. The zero-order chi connectivity index (χ0) is 12.8. The van der Waals surface area contributed by atoms with Crippen LogP contribution in [-0.4, -0.2) is 35.6 Å². The molecule has 0 unspecified atom stereocenters. The van der Waals surface area contributed by atoms with Gasteiger partial charge in [0.05, 0.1) is 0 Å². The van der Waals surface area contributed by atoms with Gasteiger partial charge in [0, 0.05) is 30.9 Å². The van der Waals surface area contributed by atoms with E-state index in [0.717, 1.165) is 5.56 Å². The third kappa shape index (κ3) is 3.20. The second kappa shape index (κ2) is 6.25. The summed E-state index contributed by atoms with van der Waals surface area (Å²) in [5, 5.41) is 8.80. The summed E-state index contributed by atoms with van der Waals surface area (Å²) in [6.07, 6.45) is 0.598. The Hall–Kier alpha value is -1.55. The Kier molecular flexibility index (Phi) is 4.97. The SMILES string of the molecule is CCN(CCCO)C(=O)c1cccc(N)c1C. The van der Waals surface area contributed by atoms with Crippen molar-refractivity contribution in [2.75, 3.05) is 25.4 Å². The van der Waals surface area contributed by atoms with Crippen LogP contribution in [0.3, 0.4) is 0 Å². The molecule has 0 radical (unpaired) electrons. The number of hydrogen-bond acceptors (Lipinski definition) is 3. The van der Waals surface area contributed by atoms with Gasteiger partial charge in [-0.3, -0.25) is 4.79 Å². The highest BCUT2D eigenvalue weighted by atomic mass is 16.3. The van der Waals surface area contributed by atoms with Crippen molar-refractivity contribution in [3.63, 3.8) is 0 Å². The summed E-state index contributed by atoms with van der Waals surface area (Å²) in [5.74, 6) is -0.0225. The van der Waals surface area contributed by atoms with E-state index in [2.05, 4.69) is 0 Å². The van der Waals surface area contributed by atoms with Gasteiger partial charge < -0.3 is 15.7 Å². The summed E-state index contributed by atoms with van der Waals surface area (Å²) < 4.78 is 0. The van der Waals surface area contributed by atoms with Gasteiger partial charge in [0.1, 0.15) is 0 Å². The number of amides is 1. The molecule has 1 aromatic carbocycles. The summed E-state index contributed by atoms with van der Waals surface area (Å²) in [7, 11) is 0. The number of benzene rings is 1. The molecule has 0 spiro atoms. The summed E-state index contributed by atoms with van der Waals surface area (Å²) in [6.45, 7) is 5.08. The Balaban J connectivity index is 2.90. The van der Waals surface area contributed by atoms with Crippen LogP contribution in [0.1, 0.15) is 29.3 Å². The number of nitrogens with zero attached hydrogens (tertiary/aromatic N) is 1. The molecule has 17 heavy (non-hydrogen) atoms. The van der Waals surface area contributed by atoms with Crippen molar-refractivity contribution in [2.24, 2.45) is 0 Å². The lowest BCUT2D eigenvalue weighted by Gasteiger charge is -2.21. The zero-order valence-corrected chi connectivity index (χ0v) is 10.4. The van der Waals surface area contributed by atoms with Crippen molar-refractivity contribution in [3.8, 4) is 0 Å². The first-order chi connectivity index (χ1) is 8.11. The van der Waals surface area contributed by atoms with Crippen LogP contribution < -0.4 is 5.73 Å². The van der Waals surface area contributed by atoms with Gasteiger partial charge in [-0.15, -0.1) is 0 Å². The lowest BCUT2D eigenvalue weighted by molar-refractivity contribution is 0.0753. The van der Waals surface area contributed by atoms with Gasteiger partial charge in [0.25, 0.3) is 5.91 Å². The third-order valence-corrected chi connectivity index (χ3v) is 2.86. The largest absolute Gasteiger partial charge is 0.398 e. The smallest absolute Gasteiger partial charge is 0.254 e. The summed E-state index contributed by atoms with van der Waals surface area (Å²) >= 11 is 0. The fraction of sp³-hybridized carbons (Fsp3) is 0.462. The Morgan fingerprint density at radius 1 is 1.47 bits per heavy atom. The zero-order valence-electron chi connectivity index (χ0n) is 10.4. The highest BCUT2D eigenvalue weighted by molar-refractivity contribution is 5.96. The predicted octanol–water partition coefficient (Wildman–Crippen LogP) is 1.42. The molecule has 1 rings (SSSR count). The van der Waals surface area contributed by atoms with Gasteiger partial charge in [-0.2, -0.15) is 0 Å². The second-order valence-electron chi connectivity index (χ2n) is 3.98. The second-order valence-corrected chi connectivity index (χ2v) is 3.98. The third-order valence-electron chi connectivity index (χ3n) is 2.86. The van der Waals surface area contributed by atoms with E-state index in [0.29, 0.717) is 30.8 Å². The van der Waals surface area contributed by atoms with Gasteiger partial charge >= 0.3 is 0 Å². The molecule has 94 valence electrons. The van der Waals surface area contributed by atoms with Crippen molar-refractivity contribution in [2.45, 2.75) is 20.3 Å². The van der Waals surface area contributed by atoms with E-state index < -0.39 is 0 Å². The van der Waals surface area contributed by atoms with Crippen LogP contribution in [0.2, 0.25) is 0 Å². The van der Waals surface area contributed by atoms with E-state index in [1.807, 2.05) is 13.8 Å². The normalized spacial score (nSPS) is 10.3. The quantitative estimate of drug-likeness (QED) is 0.760. The predicted molar refractivity (Wildman–Crippen MR) is 68.9 cm³/mol. The average molecular weight is 236 g/mol. The molecule has 3 N–H and O–H groups in total. The lowest BCUT2D eigenvalue weighted by atomic mass is 10.1. The van der Waals surface area contributed by atoms with Gasteiger partial charge in [-0.05, 0) is 38.0 Å². The van der Waals surface area contributed by atoms with E-state index in [1.165, 1.54) is 0 Å². The van der Waals surface area contributed by atoms with Crippen LogP contribution in [0.4, 0.5) is 5.69 Å². The van der Waals surface area contributed by atoms with Crippen LogP contribution in [0.15, 0.2) is 18.2 Å². The molecule has 0 aliphatic heterocycles. The molecule has 0 fully saturated rings. The molecule has 4 heteroatoms. The number of anilines is 1. The van der Waals surface area contributed by atoms with Gasteiger partial charge in [0.2, 0.25) is 0 Å². The number of aliphatic hydroxyl groups excluding tert-OH is 1. The molecule has 0 aliphatic rings. The Bertz CT molecular complexity index is 391. The Labute approximate surface area is 102 Å². The highest BCUT2D eigenvalue weighted by Crippen LogP contribution is 2.17. The van der Waals surface area contributed by atoms with Crippen LogP contribution in [0.5, 0.6) is 0 Å². The summed E-state index contributed by atoms with van der Waals surface area (Å²) in [5.41, 5.74) is 7.89. The lowest BCUT2D eigenvalue weighted by Crippen LogP contribution is -2.32. The average Bonchev–Trinajstić information content (AvgIpc) is 2.33. The van der Waals surface area contributed by atoms with Crippen molar-refractivity contribution in [1.29, 1.82) is 0 Å². The van der Waals surface area contributed by atoms with Crippen LogP contribution in [0.25, 0.3) is 0 Å². The van der Waals surface area contributed by atoms with Gasteiger partial charge in [-0.25, -0.2) is 0 Å². The van der Waals surface area contributed by atoms with E-state index >= 15 is 0 Å². The van der Waals surface area contributed by atoms with Gasteiger partial charge in [-0.1, -0.05) is 6.07 Å². The van der Waals surface area contributed by atoms with E-state index in [4.69, 9.17) is 10.8 Å². The molecular weight excluding hydrogens is 216 g/mol. The number of hydrogen-bond donors (Lipinski definition) is 2. The first-order valence-corrected chi connectivity index (χ1v) is 5.87. The van der Waals surface area contributed by atoms with Crippen LogP contribution in [0, 0.1) is 6.92 Å². The number of nitrogens with two attached hydrogens (primary N) is 1. The maximum Gasteiger partial charge on any atom is 0.254 e. The molecular formula is C13H20N2O2. The van der Waals surface area contributed by atoms with Crippen LogP contribution >= 0.6 is 0 Å². The molecule has 0 aliphatic carbocycles. The van der Waals surface area contributed by atoms with E-state index in [1.54, 1.807) is 23.1 Å². The molecule has 4 nitrogen and oxygen atoms in total. The number of nitrogen functional groups attached to an aromatic ring is 1. The molecule has 0 atom stereocenters. The summed E-state index contributed by atoms with van der Waals surface area (Å²) in [4.78, 5) is 14.0. The summed E-state index contributed by atoms with van der Waals surface area (Å²) in [6, 6.07) is 5.36. The van der Waals surface area contributed by atoms with Gasteiger partial charge in [0.15, 0.2) is 0 Å². The fourth-order valence-corrected chi connectivity index (χ4v) is 1.72. The van der Waals surface area contributed by atoms with Crippen LogP contribution in [-0.2, 0) is 0 Å². The van der Waals surface area contributed by atoms with Crippen molar-refractivity contribution < 1.29 is 9.90 Å². The van der Waals surface area contributed by atoms with Crippen molar-refractivity contribution >= 4 is 11.6 Å². The van der Waals surface area contributed by atoms with E-state index in [-0.39, 0.29) is 12.5 Å². The minimum absolute atomic E-state index is 0.0225. The van der Waals surface area contributed by atoms with E-state index in [9.17, 15) is 4.79 Å². The molecule has 0 heterocycles. The molecule has 1 aromatic rings. The highest BCUT2D eigenvalue weighted by Gasteiger charge is 2.16. The Morgan fingerprint density at radius 2 is 2.18 bits per heavy atom. The topological polar surface area (TPSA) is 66.6 Å². The number of aliphatic hydroxyl groups is 1. The van der Waals surface area contributed by atoms with Crippen molar-refractivity contribution in [3.05, 3.63) is 29.3 Å². The maximum atomic E-state index is 12.2. The molecule has 0 bridgehead atoms. The minimum Gasteiger partial charge on any atom is -0.398 e. The first-order valence-electron chi connectivity index (χ1n) is 5.87. The minimum atomic E-state index is -0.0225. The standard InChI is InChI=1S/C13H20N2O2/c1-3-15(8-5-9-16)13(17)11-6-4-7-12(14)10(11)2/h4,6-7,16H,3,5,8-9,14H2,1-2H3. The number of carbonyl (C=O) groups is 1. The number of carbonyl (C=O) groups excluding carboxylic acids is 1.